The first-order valence-corrected chi connectivity index (χ1v) is 8.51. The molecule has 2 rings (SSSR count). The zero-order chi connectivity index (χ0) is 21.2. The van der Waals surface area contributed by atoms with Crippen LogP contribution in [0.15, 0.2) is 53.6 Å². The Hall–Kier alpha value is -3.95. The zero-order valence-corrected chi connectivity index (χ0v) is 15.9. The minimum atomic E-state index is -0.619. The molecule has 0 aliphatic heterocycles. The van der Waals surface area contributed by atoms with Crippen LogP contribution in [0.3, 0.4) is 0 Å². The van der Waals surface area contributed by atoms with E-state index in [0.29, 0.717) is 17.2 Å². The van der Waals surface area contributed by atoms with E-state index >= 15 is 0 Å². The second-order valence-electron chi connectivity index (χ2n) is 5.85. The number of hydrogen-bond acceptors (Lipinski definition) is 7. The van der Waals surface area contributed by atoms with Crippen molar-refractivity contribution in [1.82, 2.24) is 5.43 Å². The molecule has 0 fully saturated rings. The largest absolute Gasteiger partial charge is 0.496 e. The van der Waals surface area contributed by atoms with Gasteiger partial charge in [0.25, 0.3) is 11.6 Å². The zero-order valence-electron chi connectivity index (χ0n) is 15.9. The molecule has 0 aliphatic carbocycles. The SMILES string of the molecule is COc1ccc(NC(=O)C/C(C)=N/NC(=O)COc2ccccc2)c([N+](=O)[O-])c1. The summed E-state index contributed by atoms with van der Waals surface area (Å²) in [4.78, 5) is 34.4. The van der Waals surface area contributed by atoms with Crippen molar-refractivity contribution in [3.8, 4) is 11.5 Å². The van der Waals surface area contributed by atoms with Crippen LogP contribution in [-0.4, -0.2) is 36.2 Å². The van der Waals surface area contributed by atoms with E-state index in [4.69, 9.17) is 9.47 Å². The number of carbonyl (C=O) groups excluding carboxylic acids is 2. The highest BCUT2D eigenvalue weighted by atomic mass is 16.6. The second-order valence-corrected chi connectivity index (χ2v) is 5.85. The monoisotopic (exact) mass is 400 g/mol. The molecule has 0 bridgehead atoms. The number of nitrogens with zero attached hydrogens (tertiary/aromatic N) is 2. The van der Waals surface area contributed by atoms with E-state index in [0.717, 1.165) is 0 Å². The fourth-order valence-corrected chi connectivity index (χ4v) is 2.22. The van der Waals surface area contributed by atoms with Crippen LogP contribution in [0.5, 0.6) is 11.5 Å². The van der Waals surface area contributed by atoms with E-state index in [2.05, 4.69) is 15.8 Å². The highest BCUT2D eigenvalue weighted by molar-refractivity contribution is 6.06. The number of anilines is 1. The summed E-state index contributed by atoms with van der Waals surface area (Å²) < 4.78 is 10.2. The maximum absolute atomic E-state index is 12.1. The molecule has 2 aromatic rings. The van der Waals surface area contributed by atoms with Gasteiger partial charge < -0.3 is 14.8 Å². The van der Waals surface area contributed by atoms with Crippen LogP contribution in [0.2, 0.25) is 0 Å². The van der Waals surface area contributed by atoms with E-state index in [-0.39, 0.29) is 24.4 Å². The summed E-state index contributed by atoms with van der Waals surface area (Å²) in [6.45, 7) is 1.31. The molecule has 10 heteroatoms. The van der Waals surface area contributed by atoms with Gasteiger partial charge in [0, 0.05) is 5.71 Å². The molecule has 0 saturated carbocycles. The van der Waals surface area contributed by atoms with Crippen molar-refractivity contribution in [3.63, 3.8) is 0 Å². The molecule has 2 aromatic carbocycles. The van der Waals surface area contributed by atoms with E-state index in [1.807, 2.05) is 6.07 Å². The number of ether oxygens (including phenoxy) is 2. The third-order valence-electron chi connectivity index (χ3n) is 3.58. The summed E-state index contributed by atoms with van der Waals surface area (Å²) >= 11 is 0. The third-order valence-corrected chi connectivity index (χ3v) is 3.58. The molecule has 0 radical (unpaired) electrons. The lowest BCUT2D eigenvalue weighted by Crippen LogP contribution is -2.26. The van der Waals surface area contributed by atoms with Crippen molar-refractivity contribution in [2.75, 3.05) is 19.0 Å². The number of nitrogens with one attached hydrogen (secondary N) is 2. The summed E-state index contributed by atoms with van der Waals surface area (Å²) in [5, 5.41) is 17.4. The number of hydrogen-bond donors (Lipinski definition) is 2. The molecule has 2 N–H and O–H groups in total. The molecule has 0 spiro atoms. The van der Waals surface area contributed by atoms with E-state index < -0.39 is 16.7 Å². The minimum Gasteiger partial charge on any atom is -0.496 e. The van der Waals surface area contributed by atoms with Gasteiger partial charge in [-0.05, 0) is 31.2 Å². The maximum Gasteiger partial charge on any atom is 0.296 e. The van der Waals surface area contributed by atoms with Crippen LogP contribution in [0.25, 0.3) is 0 Å². The highest BCUT2D eigenvalue weighted by Gasteiger charge is 2.17. The lowest BCUT2D eigenvalue weighted by atomic mass is 10.2. The average Bonchev–Trinajstić information content (AvgIpc) is 2.71. The van der Waals surface area contributed by atoms with Gasteiger partial charge in [-0.1, -0.05) is 18.2 Å². The summed E-state index contributed by atoms with van der Waals surface area (Å²) in [6, 6.07) is 12.9. The van der Waals surface area contributed by atoms with Gasteiger partial charge in [0.2, 0.25) is 5.91 Å². The van der Waals surface area contributed by atoms with Gasteiger partial charge in [-0.3, -0.25) is 19.7 Å². The Labute approximate surface area is 166 Å². The summed E-state index contributed by atoms with van der Waals surface area (Å²) in [7, 11) is 1.39. The van der Waals surface area contributed by atoms with Crippen molar-refractivity contribution >= 4 is 28.9 Å². The Balaban J connectivity index is 1.86. The van der Waals surface area contributed by atoms with Gasteiger partial charge >= 0.3 is 0 Å². The molecule has 0 unspecified atom stereocenters. The lowest BCUT2D eigenvalue weighted by molar-refractivity contribution is -0.384. The van der Waals surface area contributed by atoms with Crippen LogP contribution in [0, 0.1) is 10.1 Å². The summed E-state index contributed by atoms with van der Waals surface area (Å²) in [5.74, 6) is -0.162. The lowest BCUT2D eigenvalue weighted by Gasteiger charge is -2.08. The number of nitro benzene ring substituents is 1. The topological polar surface area (TPSA) is 132 Å². The van der Waals surface area contributed by atoms with Crippen molar-refractivity contribution in [3.05, 3.63) is 58.6 Å². The Kier molecular flexibility index (Phi) is 7.66. The van der Waals surface area contributed by atoms with E-state index in [1.54, 1.807) is 31.2 Å². The average molecular weight is 400 g/mol. The maximum atomic E-state index is 12.1. The van der Waals surface area contributed by atoms with Gasteiger partial charge in [-0.25, -0.2) is 5.43 Å². The Morgan fingerprint density at radius 1 is 1.10 bits per heavy atom. The number of amides is 2. The Bertz CT molecular complexity index is 914. The predicted octanol–water partition coefficient (Wildman–Crippen LogP) is 2.50. The quantitative estimate of drug-likeness (QED) is 0.378. The van der Waals surface area contributed by atoms with E-state index in [1.165, 1.54) is 25.3 Å². The number of carbonyl (C=O) groups is 2. The second kappa shape index (κ2) is 10.4. The summed E-state index contributed by atoms with van der Waals surface area (Å²) in [6.07, 6.45) is -0.164. The molecular weight excluding hydrogens is 380 g/mol. The van der Waals surface area contributed by atoms with Crippen molar-refractivity contribution in [2.45, 2.75) is 13.3 Å². The summed E-state index contributed by atoms with van der Waals surface area (Å²) in [5.41, 5.74) is 2.34. The molecule has 29 heavy (non-hydrogen) atoms. The van der Waals surface area contributed by atoms with Crippen LogP contribution in [0.4, 0.5) is 11.4 Å². The Morgan fingerprint density at radius 2 is 1.83 bits per heavy atom. The van der Waals surface area contributed by atoms with Crippen molar-refractivity contribution in [2.24, 2.45) is 5.10 Å². The highest BCUT2D eigenvalue weighted by Crippen LogP contribution is 2.29. The third kappa shape index (κ3) is 6.94. The predicted molar refractivity (Wildman–Crippen MR) is 106 cm³/mol. The normalized spacial score (nSPS) is 10.8. The molecule has 0 heterocycles. The van der Waals surface area contributed by atoms with Gasteiger partial charge in [0.15, 0.2) is 6.61 Å². The fourth-order valence-electron chi connectivity index (χ4n) is 2.22. The van der Waals surface area contributed by atoms with Crippen molar-refractivity contribution < 1.29 is 24.0 Å². The van der Waals surface area contributed by atoms with Crippen molar-refractivity contribution in [1.29, 1.82) is 0 Å². The first kappa shape index (κ1) is 21.4. The van der Waals surface area contributed by atoms with Crippen LogP contribution in [-0.2, 0) is 9.59 Å². The van der Waals surface area contributed by atoms with Gasteiger partial charge in [0.1, 0.15) is 17.2 Å². The molecule has 0 atom stereocenters. The smallest absolute Gasteiger partial charge is 0.296 e. The first-order chi connectivity index (χ1) is 13.9. The number of benzene rings is 2. The molecule has 2 amide bonds. The fraction of sp³-hybridized carbons (Fsp3) is 0.211. The number of nitro groups is 1. The molecule has 0 saturated heterocycles. The van der Waals surface area contributed by atoms with Gasteiger partial charge in [-0.2, -0.15) is 5.10 Å². The molecule has 0 aliphatic rings. The Morgan fingerprint density at radius 3 is 2.48 bits per heavy atom. The van der Waals surface area contributed by atoms with Crippen LogP contribution >= 0.6 is 0 Å². The van der Waals surface area contributed by atoms with E-state index in [9.17, 15) is 19.7 Å². The number of rotatable bonds is 9. The van der Waals surface area contributed by atoms with Crippen LogP contribution in [0.1, 0.15) is 13.3 Å². The van der Waals surface area contributed by atoms with Gasteiger partial charge in [0.05, 0.1) is 24.5 Å². The number of hydrazone groups is 1. The minimum absolute atomic E-state index is 0.0360. The van der Waals surface area contributed by atoms with Crippen LogP contribution < -0.4 is 20.2 Å². The standard InChI is InChI=1S/C19H20N4O6/c1-13(21-22-19(25)12-29-14-6-4-3-5-7-14)10-18(24)20-16-9-8-15(28-2)11-17(16)23(26)27/h3-9,11H,10,12H2,1-2H3,(H,20,24)(H,22,25)/b21-13+. The molecule has 10 nitrogen and oxygen atoms in total. The number of methoxy groups -OCH3 is 1. The first-order valence-electron chi connectivity index (χ1n) is 8.51. The number of para-hydroxylation sites is 1. The molecule has 0 aromatic heterocycles. The molecule has 152 valence electrons. The van der Waals surface area contributed by atoms with Gasteiger partial charge in [-0.15, -0.1) is 0 Å². The molecular formula is C19H20N4O6.